The van der Waals surface area contributed by atoms with Gasteiger partial charge in [-0.2, -0.15) is 0 Å². The predicted molar refractivity (Wildman–Crippen MR) is 75.9 cm³/mol. The Morgan fingerprint density at radius 3 is 2.39 bits per heavy atom. The number of nitrogens with zero attached hydrogens (tertiary/aromatic N) is 1. The standard InChI is InChI=1S/C14H30N2O2/c1-13(2)9-6-5-7-10-14(17)15-11-8-12-16(3,4)18/h13H,5-12H2,1-4H3,(H,15,17). The average molecular weight is 258 g/mol. The van der Waals surface area contributed by atoms with E-state index in [1.54, 1.807) is 14.1 Å². The highest BCUT2D eigenvalue weighted by Gasteiger charge is 2.04. The van der Waals surface area contributed by atoms with E-state index in [9.17, 15) is 10.0 Å². The summed E-state index contributed by atoms with van der Waals surface area (Å²) in [5.74, 6) is 0.878. The normalized spacial score (nSPS) is 11.9. The Kier molecular flexibility index (Phi) is 9.02. The zero-order valence-corrected chi connectivity index (χ0v) is 12.5. The third-order valence-corrected chi connectivity index (χ3v) is 2.88. The van der Waals surface area contributed by atoms with Crippen LogP contribution in [-0.2, 0) is 4.79 Å². The highest BCUT2D eigenvalue weighted by Crippen LogP contribution is 2.09. The first kappa shape index (κ1) is 17.4. The van der Waals surface area contributed by atoms with Gasteiger partial charge in [0, 0.05) is 19.4 Å². The molecule has 0 rings (SSSR count). The molecule has 0 unspecified atom stereocenters. The van der Waals surface area contributed by atoms with Crippen molar-refractivity contribution in [2.45, 2.75) is 52.4 Å². The molecule has 1 amide bonds. The van der Waals surface area contributed by atoms with Crippen LogP contribution in [0.4, 0.5) is 0 Å². The molecule has 0 saturated carbocycles. The van der Waals surface area contributed by atoms with E-state index in [-0.39, 0.29) is 10.6 Å². The number of carbonyl (C=O) groups excluding carboxylic acids is 1. The van der Waals surface area contributed by atoms with Crippen LogP contribution in [0.25, 0.3) is 0 Å². The minimum atomic E-state index is -0.287. The van der Waals surface area contributed by atoms with Crippen molar-refractivity contribution >= 4 is 5.91 Å². The van der Waals surface area contributed by atoms with Crippen LogP contribution < -0.4 is 5.32 Å². The van der Waals surface area contributed by atoms with Gasteiger partial charge in [0.05, 0.1) is 20.6 Å². The number of hydrogen-bond donors (Lipinski definition) is 1. The average Bonchev–Trinajstić information content (AvgIpc) is 2.22. The molecule has 0 fully saturated rings. The zero-order valence-electron chi connectivity index (χ0n) is 12.5. The Hall–Kier alpha value is -0.610. The first-order valence-corrected chi connectivity index (χ1v) is 7.12. The van der Waals surface area contributed by atoms with Gasteiger partial charge in [-0.25, -0.2) is 0 Å². The van der Waals surface area contributed by atoms with Crippen molar-refractivity contribution < 1.29 is 9.44 Å². The van der Waals surface area contributed by atoms with Crippen molar-refractivity contribution in [1.29, 1.82) is 0 Å². The summed E-state index contributed by atoms with van der Waals surface area (Å²) in [6.07, 6.45) is 5.94. The van der Waals surface area contributed by atoms with Crippen LogP contribution in [0.2, 0.25) is 0 Å². The molecule has 0 aliphatic heterocycles. The first-order valence-electron chi connectivity index (χ1n) is 7.12. The summed E-state index contributed by atoms with van der Waals surface area (Å²) in [6, 6.07) is 0. The van der Waals surface area contributed by atoms with Gasteiger partial charge in [0.15, 0.2) is 0 Å². The smallest absolute Gasteiger partial charge is 0.219 e. The summed E-state index contributed by atoms with van der Waals surface area (Å²) in [7, 11) is 3.24. The van der Waals surface area contributed by atoms with E-state index in [0.717, 1.165) is 25.2 Å². The quantitative estimate of drug-likeness (QED) is 0.372. The van der Waals surface area contributed by atoms with E-state index >= 15 is 0 Å². The lowest BCUT2D eigenvalue weighted by molar-refractivity contribution is -0.840. The van der Waals surface area contributed by atoms with Crippen molar-refractivity contribution in [3.63, 3.8) is 0 Å². The minimum absolute atomic E-state index is 0.121. The molecule has 0 bridgehead atoms. The van der Waals surface area contributed by atoms with Crippen molar-refractivity contribution in [3.05, 3.63) is 5.21 Å². The molecule has 0 saturated heterocycles. The third kappa shape index (κ3) is 13.5. The Morgan fingerprint density at radius 2 is 1.83 bits per heavy atom. The van der Waals surface area contributed by atoms with Crippen LogP contribution >= 0.6 is 0 Å². The molecule has 0 spiro atoms. The monoisotopic (exact) mass is 258 g/mol. The van der Waals surface area contributed by atoms with Gasteiger partial charge < -0.3 is 15.2 Å². The summed E-state index contributed by atoms with van der Waals surface area (Å²) in [5.41, 5.74) is 0. The summed E-state index contributed by atoms with van der Waals surface area (Å²) >= 11 is 0. The molecule has 0 atom stereocenters. The highest BCUT2D eigenvalue weighted by molar-refractivity contribution is 5.75. The molecule has 0 radical (unpaired) electrons. The molecule has 0 aromatic rings. The van der Waals surface area contributed by atoms with Crippen LogP contribution in [0, 0.1) is 11.1 Å². The second kappa shape index (κ2) is 9.34. The summed E-state index contributed by atoms with van der Waals surface area (Å²) in [4.78, 5) is 11.5. The fourth-order valence-electron chi connectivity index (χ4n) is 1.79. The van der Waals surface area contributed by atoms with Gasteiger partial charge in [0.25, 0.3) is 0 Å². The predicted octanol–water partition coefficient (Wildman–Crippen LogP) is 2.67. The van der Waals surface area contributed by atoms with Gasteiger partial charge in [-0.05, 0) is 12.3 Å². The van der Waals surface area contributed by atoms with Gasteiger partial charge in [-0.1, -0.05) is 33.1 Å². The lowest BCUT2D eigenvalue weighted by atomic mass is 10.0. The van der Waals surface area contributed by atoms with Crippen molar-refractivity contribution in [3.8, 4) is 0 Å². The summed E-state index contributed by atoms with van der Waals surface area (Å²) < 4.78 is -0.287. The zero-order chi connectivity index (χ0) is 14.0. The number of rotatable bonds is 10. The van der Waals surface area contributed by atoms with E-state index in [4.69, 9.17) is 0 Å². The number of carbonyl (C=O) groups is 1. The number of unbranched alkanes of at least 4 members (excludes halogenated alkanes) is 2. The van der Waals surface area contributed by atoms with E-state index < -0.39 is 0 Å². The Bertz CT molecular complexity index is 222. The third-order valence-electron chi connectivity index (χ3n) is 2.88. The summed E-state index contributed by atoms with van der Waals surface area (Å²) in [6.45, 7) is 5.62. The lowest BCUT2D eigenvalue weighted by Gasteiger charge is -2.33. The maximum atomic E-state index is 11.5. The Labute approximate surface area is 112 Å². The van der Waals surface area contributed by atoms with Crippen molar-refractivity contribution in [1.82, 2.24) is 5.32 Å². The number of hydroxylamine groups is 3. The van der Waals surface area contributed by atoms with E-state index in [2.05, 4.69) is 19.2 Å². The number of hydrogen-bond acceptors (Lipinski definition) is 2. The van der Waals surface area contributed by atoms with Gasteiger partial charge >= 0.3 is 0 Å². The van der Waals surface area contributed by atoms with Gasteiger partial charge in [-0.15, -0.1) is 0 Å². The maximum absolute atomic E-state index is 11.5. The molecule has 0 aromatic carbocycles. The molecule has 4 heteroatoms. The highest BCUT2D eigenvalue weighted by atomic mass is 16.5. The molecule has 1 N–H and O–H groups in total. The fraction of sp³-hybridized carbons (Fsp3) is 0.929. The van der Waals surface area contributed by atoms with E-state index in [1.807, 2.05) is 0 Å². The Morgan fingerprint density at radius 1 is 1.17 bits per heavy atom. The molecular weight excluding hydrogens is 228 g/mol. The molecular formula is C14H30N2O2. The molecule has 0 aliphatic rings. The van der Waals surface area contributed by atoms with Crippen molar-refractivity contribution in [2.24, 2.45) is 5.92 Å². The molecule has 108 valence electrons. The molecule has 4 nitrogen and oxygen atoms in total. The van der Waals surface area contributed by atoms with Crippen LogP contribution in [0.5, 0.6) is 0 Å². The van der Waals surface area contributed by atoms with Gasteiger partial charge in [-0.3, -0.25) is 4.79 Å². The largest absolute Gasteiger partial charge is 0.633 e. The number of amides is 1. The lowest BCUT2D eigenvalue weighted by Crippen LogP contribution is -2.35. The second-order valence-electron chi connectivity index (χ2n) is 5.99. The van der Waals surface area contributed by atoms with Crippen LogP contribution in [0.1, 0.15) is 52.4 Å². The number of nitrogens with one attached hydrogen (secondary N) is 1. The molecule has 0 heterocycles. The maximum Gasteiger partial charge on any atom is 0.219 e. The summed E-state index contributed by atoms with van der Waals surface area (Å²) in [5, 5.41) is 14.1. The Balaban J connectivity index is 3.33. The van der Waals surface area contributed by atoms with Crippen LogP contribution in [0.15, 0.2) is 0 Å². The van der Waals surface area contributed by atoms with Crippen molar-refractivity contribution in [2.75, 3.05) is 27.2 Å². The molecule has 0 aliphatic carbocycles. The van der Waals surface area contributed by atoms with Gasteiger partial charge in [0.2, 0.25) is 5.91 Å². The second-order valence-corrected chi connectivity index (χ2v) is 5.99. The van der Waals surface area contributed by atoms with E-state index in [0.29, 0.717) is 19.5 Å². The SMILES string of the molecule is CC(C)CCCCCC(=O)NCCC[N+](C)(C)[O-]. The van der Waals surface area contributed by atoms with Crippen LogP contribution in [0.3, 0.4) is 0 Å². The first-order chi connectivity index (χ1) is 8.31. The molecule has 0 aromatic heterocycles. The van der Waals surface area contributed by atoms with Gasteiger partial charge in [0.1, 0.15) is 0 Å². The van der Waals surface area contributed by atoms with E-state index in [1.165, 1.54) is 12.8 Å². The topological polar surface area (TPSA) is 52.2 Å². The minimum Gasteiger partial charge on any atom is -0.633 e. The van der Waals surface area contributed by atoms with Crippen LogP contribution in [-0.4, -0.2) is 37.7 Å². The number of quaternary nitrogens is 1. The molecule has 18 heavy (non-hydrogen) atoms. The fourth-order valence-corrected chi connectivity index (χ4v) is 1.79.